The first-order valence-corrected chi connectivity index (χ1v) is 10.6. The molecule has 150 valence electrons. The van der Waals surface area contributed by atoms with Gasteiger partial charge in [-0.2, -0.15) is 0 Å². The number of benzene rings is 1. The van der Waals surface area contributed by atoms with Crippen molar-refractivity contribution in [3.05, 3.63) is 39.8 Å². The minimum atomic E-state index is -0.852. The topological polar surface area (TPSA) is 71.2 Å². The van der Waals surface area contributed by atoms with Crippen LogP contribution in [0.4, 0.5) is 19.7 Å². The minimum Gasteiger partial charge on any atom is -0.382 e. The maximum absolute atomic E-state index is 14.6. The zero-order chi connectivity index (χ0) is 19.7. The number of ketones is 1. The molecular weight excluding hydrogens is 382 g/mol. The van der Waals surface area contributed by atoms with E-state index in [1.54, 1.807) is 0 Å². The number of likely N-dealkylation sites (tertiary alicyclic amines) is 1. The molecule has 1 saturated heterocycles. The van der Waals surface area contributed by atoms with Gasteiger partial charge < -0.3 is 11.1 Å². The Kier molecular flexibility index (Phi) is 5.59. The molecule has 0 unspecified atom stereocenters. The molecule has 3 N–H and O–H groups in total. The molecule has 1 aliphatic carbocycles. The molecule has 0 atom stereocenters. The molecule has 0 spiro atoms. The van der Waals surface area contributed by atoms with Gasteiger partial charge in [0.2, 0.25) is 5.78 Å². The predicted molar refractivity (Wildman–Crippen MR) is 107 cm³/mol. The molecule has 8 heteroatoms. The summed E-state index contributed by atoms with van der Waals surface area (Å²) in [5.41, 5.74) is 5.86. The summed E-state index contributed by atoms with van der Waals surface area (Å²) < 4.78 is 29.2. The minimum absolute atomic E-state index is 0.0109. The quantitative estimate of drug-likeness (QED) is 0.704. The first-order valence-electron chi connectivity index (χ1n) is 9.79. The largest absolute Gasteiger partial charge is 0.382 e. The molecular formula is C20H24F2N4OS. The Morgan fingerprint density at radius 3 is 2.46 bits per heavy atom. The summed E-state index contributed by atoms with van der Waals surface area (Å²) in [5.74, 6) is -2.45. The third-order valence-electron chi connectivity index (χ3n) is 5.48. The Labute approximate surface area is 166 Å². The zero-order valence-electron chi connectivity index (χ0n) is 15.6. The number of aromatic nitrogens is 1. The number of carbonyl (C=O) groups is 1. The molecule has 0 radical (unpaired) electrons. The van der Waals surface area contributed by atoms with Gasteiger partial charge in [0.25, 0.3) is 0 Å². The van der Waals surface area contributed by atoms with Crippen molar-refractivity contribution in [1.29, 1.82) is 0 Å². The van der Waals surface area contributed by atoms with Crippen molar-refractivity contribution in [3.8, 4) is 0 Å². The Hall–Kier alpha value is -2.06. The highest BCUT2D eigenvalue weighted by molar-refractivity contribution is 7.18. The van der Waals surface area contributed by atoms with E-state index in [0.29, 0.717) is 23.3 Å². The van der Waals surface area contributed by atoms with Crippen molar-refractivity contribution in [3.63, 3.8) is 0 Å². The number of thiazole rings is 1. The fourth-order valence-electron chi connectivity index (χ4n) is 3.82. The van der Waals surface area contributed by atoms with Gasteiger partial charge in [-0.25, -0.2) is 13.8 Å². The van der Waals surface area contributed by atoms with E-state index in [9.17, 15) is 13.6 Å². The van der Waals surface area contributed by atoms with E-state index < -0.39 is 23.0 Å². The average Bonchev–Trinajstić information content (AvgIpc) is 2.98. The number of nitrogens with one attached hydrogen (secondary N) is 1. The standard InChI is InChI=1S/C20H24F2N4OS/c21-14-9-12(11-26-7-4-8-26)10-15(22)16(14)17(27)18-19(23)25-20(28-18)24-13-5-2-1-3-6-13/h9-10,13H,1-8,11,23H2,(H,24,25). The second-order valence-electron chi connectivity index (χ2n) is 7.61. The van der Waals surface area contributed by atoms with E-state index in [-0.39, 0.29) is 10.7 Å². The smallest absolute Gasteiger partial charge is 0.212 e. The highest BCUT2D eigenvalue weighted by Crippen LogP contribution is 2.31. The summed E-state index contributed by atoms with van der Waals surface area (Å²) in [6, 6.07) is 2.79. The van der Waals surface area contributed by atoms with Crippen molar-refractivity contribution in [2.45, 2.75) is 51.1 Å². The van der Waals surface area contributed by atoms with Crippen molar-refractivity contribution >= 4 is 28.1 Å². The predicted octanol–water partition coefficient (Wildman–Crippen LogP) is 4.18. The molecule has 5 nitrogen and oxygen atoms in total. The van der Waals surface area contributed by atoms with Crippen LogP contribution in [0.1, 0.15) is 59.3 Å². The van der Waals surface area contributed by atoms with Crippen LogP contribution in [0.25, 0.3) is 0 Å². The Bertz CT molecular complexity index is 852. The Morgan fingerprint density at radius 2 is 1.86 bits per heavy atom. The molecule has 1 aliphatic heterocycles. The van der Waals surface area contributed by atoms with Crippen molar-refractivity contribution in [2.24, 2.45) is 0 Å². The number of hydrogen-bond donors (Lipinski definition) is 2. The normalized spacial score (nSPS) is 18.1. The van der Waals surface area contributed by atoms with Gasteiger partial charge >= 0.3 is 0 Å². The van der Waals surface area contributed by atoms with E-state index >= 15 is 0 Å². The van der Waals surface area contributed by atoms with Gasteiger partial charge in [0.1, 0.15) is 22.3 Å². The highest BCUT2D eigenvalue weighted by atomic mass is 32.1. The van der Waals surface area contributed by atoms with E-state index in [1.165, 1.54) is 18.6 Å². The van der Waals surface area contributed by atoms with Gasteiger partial charge in [-0.1, -0.05) is 30.6 Å². The van der Waals surface area contributed by atoms with Crippen LogP contribution in [0.2, 0.25) is 0 Å². The summed E-state index contributed by atoms with van der Waals surface area (Å²) in [4.78, 5) is 19.2. The lowest BCUT2D eigenvalue weighted by Crippen LogP contribution is -2.36. The van der Waals surface area contributed by atoms with E-state index in [2.05, 4.69) is 15.2 Å². The monoisotopic (exact) mass is 406 g/mol. The highest BCUT2D eigenvalue weighted by Gasteiger charge is 2.26. The van der Waals surface area contributed by atoms with Crippen LogP contribution >= 0.6 is 11.3 Å². The second kappa shape index (κ2) is 8.13. The molecule has 0 bridgehead atoms. The van der Waals surface area contributed by atoms with E-state index in [4.69, 9.17) is 5.73 Å². The third-order valence-corrected chi connectivity index (χ3v) is 6.48. The van der Waals surface area contributed by atoms with Gasteiger partial charge in [0, 0.05) is 12.6 Å². The number of nitrogens with zero attached hydrogens (tertiary/aromatic N) is 2. The summed E-state index contributed by atoms with van der Waals surface area (Å²) >= 11 is 1.06. The molecule has 2 heterocycles. The molecule has 2 aromatic rings. The second-order valence-corrected chi connectivity index (χ2v) is 8.61. The fourth-order valence-corrected chi connectivity index (χ4v) is 4.73. The summed E-state index contributed by atoms with van der Waals surface area (Å²) in [6.07, 6.45) is 6.74. The molecule has 0 amide bonds. The van der Waals surface area contributed by atoms with Crippen molar-refractivity contribution in [1.82, 2.24) is 9.88 Å². The van der Waals surface area contributed by atoms with Crippen LogP contribution in [0.15, 0.2) is 12.1 Å². The van der Waals surface area contributed by atoms with Crippen LogP contribution in [0, 0.1) is 11.6 Å². The van der Waals surface area contributed by atoms with Gasteiger partial charge in [-0.3, -0.25) is 9.69 Å². The maximum atomic E-state index is 14.6. The Balaban J connectivity index is 1.53. The number of nitrogen functional groups attached to an aromatic ring is 1. The number of carbonyl (C=O) groups excluding carboxylic acids is 1. The average molecular weight is 407 g/mol. The molecule has 1 aromatic carbocycles. The number of rotatable bonds is 6. The van der Waals surface area contributed by atoms with Gasteiger partial charge in [-0.15, -0.1) is 0 Å². The van der Waals surface area contributed by atoms with E-state index in [0.717, 1.165) is 56.5 Å². The van der Waals surface area contributed by atoms with Crippen LogP contribution < -0.4 is 11.1 Å². The van der Waals surface area contributed by atoms with Gasteiger partial charge in [0.15, 0.2) is 5.13 Å². The lowest BCUT2D eigenvalue weighted by molar-refractivity contribution is 0.103. The maximum Gasteiger partial charge on any atom is 0.212 e. The van der Waals surface area contributed by atoms with Gasteiger partial charge in [-0.05, 0) is 50.0 Å². The zero-order valence-corrected chi connectivity index (χ0v) is 16.5. The lowest BCUT2D eigenvalue weighted by atomic mass is 9.96. The van der Waals surface area contributed by atoms with Crippen LogP contribution in [0.5, 0.6) is 0 Å². The number of hydrogen-bond acceptors (Lipinski definition) is 6. The number of nitrogens with two attached hydrogens (primary N) is 1. The third kappa shape index (κ3) is 4.03. The van der Waals surface area contributed by atoms with Crippen LogP contribution in [-0.2, 0) is 6.54 Å². The number of halogens is 2. The summed E-state index contributed by atoms with van der Waals surface area (Å²) in [5, 5.41) is 3.83. The molecule has 2 aliphatic rings. The van der Waals surface area contributed by atoms with Crippen LogP contribution in [-0.4, -0.2) is 34.8 Å². The summed E-state index contributed by atoms with van der Waals surface area (Å²) in [6.45, 7) is 2.34. The van der Waals surface area contributed by atoms with Gasteiger partial charge in [0.05, 0.1) is 5.56 Å². The number of anilines is 2. The van der Waals surface area contributed by atoms with E-state index in [1.807, 2.05) is 0 Å². The van der Waals surface area contributed by atoms with Crippen LogP contribution in [0.3, 0.4) is 0 Å². The first kappa shape index (κ1) is 19.3. The summed E-state index contributed by atoms with van der Waals surface area (Å²) in [7, 11) is 0. The van der Waals surface area contributed by atoms with Crippen molar-refractivity contribution in [2.75, 3.05) is 24.1 Å². The molecule has 4 rings (SSSR count). The first-order chi connectivity index (χ1) is 13.5. The Morgan fingerprint density at radius 1 is 1.18 bits per heavy atom. The molecule has 28 heavy (non-hydrogen) atoms. The van der Waals surface area contributed by atoms with Crippen molar-refractivity contribution < 1.29 is 13.6 Å². The SMILES string of the molecule is Nc1nc(NC2CCCCC2)sc1C(=O)c1c(F)cc(CN2CCC2)cc1F. The molecule has 1 aromatic heterocycles. The molecule has 1 saturated carbocycles. The lowest BCUT2D eigenvalue weighted by Gasteiger charge is -2.30. The molecule has 2 fully saturated rings. The fraction of sp³-hybridized carbons (Fsp3) is 0.500.